The number of amides is 2. The van der Waals surface area contributed by atoms with Crippen molar-refractivity contribution in [1.29, 1.82) is 0 Å². The van der Waals surface area contributed by atoms with Gasteiger partial charge < -0.3 is 16.0 Å². The monoisotopic (exact) mass is 498 g/mol. The molecule has 31 heavy (non-hydrogen) atoms. The van der Waals surface area contributed by atoms with E-state index in [9.17, 15) is 4.79 Å². The van der Waals surface area contributed by atoms with Crippen LogP contribution in [-0.4, -0.2) is 33.7 Å². The molecule has 2 aromatic heterocycles. The van der Waals surface area contributed by atoms with Crippen LogP contribution in [0, 0.1) is 6.92 Å². The van der Waals surface area contributed by atoms with Crippen molar-refractivity contribution in [3.8, 4) is 11.3 Å². The van der Waals surface area contributed by atoms with E-state index in [-0.39, 0.29) is 6.03 Å². The molecule has 0 saturated carbocycles. The second-order valence-electron chi connectivity index (χ2n) is 6.91. The van der Waals surface area contributed by atoms with Crippen molar-refractivity contribution in [2.75, 3.05) is 23.7 Å². The molecule has 158 valence electrons. The second kappa shape index (κ2) is 9.36. The summed E-state index contributed by atoms with van der Waals surface area (Å²) in [7, 11) is 0. The van der Waals surface area contributed by atoms with Crippen LogP contribution < -0.4 is 16.0 Å². The Morgan fingerprint density at radius 2 is 1.90 bits per heavy atom. The second-order valence-corrected chi connectivity index (χ2v) is 8.17. The lowest BCUT2D eigenvalue weighted by atomic mass is 10.1. The van der Waals surface area contributed by atoms with Crippen molar-refractivity contribution in [2.45, 2.75) is 6.92 Å². The fraction of sp³-hybridized carbons (Fsp3) is 0.136. The molecule has 0 aliphatic rings. The maximum Gasteiger partial charge on any atom is 0.319 e. The van der Waals surface area contributed by atoms with Gasteiger partial charge in [-0.25, -0.2) is 9.78 Å². The highest BCUT2D eigenvalue weighted by molar-refractivity contribution is 9.10. The van der Waals surface area contributed by atoms with Crippen LogP contribution in [0.1, 0.15) is 5.56 Å². The Hall–Kier alpha value is -3.10. The van der Waals surface area contributed by atoms with E-state index in [0.717, 1.165) is 32.8 Å². The number of hydrogen-bond donors (Lipinski definition) is 3. The number of carbonyl (C=O) groups excluding carboxylic acids is 1. The molecule has 0 unspecified atom stereocenters. The normalized spacial score (nSPS) is 10.8. The van der Waals surface area contributed by atoms with E-state index in [1.54, 1.807) is 10.7 Å². The average molecular weight is 500 g/mol. The van der Waals surface area contributed by atoms with Gasteiger partial charge in [-0.05, 0) is 41.1 Å². The van der Waals surface area contributed by atoms with Gasteiger partial charge >= 0.3 is 6.03 Å². The Balaban J connectivity index is 1.44. The third-order valence-electron chi connectivity index (χ3n) is 4.60. The molecule has 0 atom stereocenters. The number of aryl methyl sites for hydroxylation is 1. The molecule has 0 fully saturated rings. The number of rotatable bonds is 6. The fourth-order valence-electron chi connectivity index (χ4n) is 3.05. The molecule has 2 amide bonds. The Kier molecular flexibility index (Phi) is 6.39. The molecule has 0 bridgehead atoms. The average Bonchev–Trinajstić information content (AvgIpc) is 3.14. The van der Waals surface area contributed by atoms with Gasteiger partial charge in [0.25, 0.3) is 0 Å². The van der Waals surface area contributed by atoms with Gasteiger partial charge in [-0.1, -0.05) is 47.5 Å². The van der Waals surface area contributed by atoms with Crippen molar-refractivity contribution in [1.82, 2.24) is 19.9 Å². The predicted molar refractivity (Wildman–Crippen MR) is 128 cm³/mol. The lowest BCUT2D eigenvalue weighted by Crippen LogP contribution is -2.32. The van der Waals surface area contributed by atoms with E-state index in [0.29, 0.717) is 23.8 Å². The molecule has 4 aromatic rings. The Labute approximate surface area is 193 Å². The molecule has 0 spiro atoms. The van der Waals surface area contributed by atoms with Gasteiger partial charge in [0.2, 0.25) is 0 Å². The smallest absolute Gasteiger partial charge is 0.319 e. The van der Waals surface area contributed by atoms with E-state index < -0.39 is 0 Å². The largest absolute Gasteiger partial charge is 0.368 e. The minimum absolute atomic E-state index is 0.260. The maximum absolute atomic E-state index is 12.1. The molecule has 4 rings (SSSR count). The van der Waals surface area contributed by atoms with E-state index in [1.165, 1.54) is 0 Å². The number of hydrogen-bond acceptors (Lipinski definition) is 4. The first-order valence-corrected chi connectivity index (χ1v) is 10.8. The molecule has 0 aliphatic heterocycles. The zero-order chi connectivity index (χ0) is 21.8. The topological polar surface area (TPSA) is 83.4 Å². The summed E-state index contributed by atoms with van der Waals surface area (Å²) in [5, 5.41) is 13.9. The summed E-state index contributed by atoms with van der Waals surface area (Å²) in [4.78, 5) is 16.8. The van der Waals surface area contributed by atoms with Crippen LogP contribution in [0.3, 0.4) is 0 Å². The Bertz CT molecular complexity index is 1220. The van der Waals surface area contributed by atoms with Crippen LogP contribution >= 0.6 is 27.5 Å². The molecule has 7 nitrogen and oxygen atoms in total. The number of anilines is 2. The van der Waals surface area contributed by atoms with Crippen LogP contribution in [0.25, 0.3) is 16.9 Å². The van der Waals surface area contributed by atoms with Gasteiger partial charge in [-0.15, -0.1) is 0 Å². The van der Waals surface area contributed by atoms with Gasteiger partial charge in [0.05, 0.1) is 16.4 Å². The lowest BCUT2D eigenvalue weighted by Gasteiger charge is -2.12. The van der Waals surface area contributed by atoms with Crippen molar-refractivity contribution in [3.63, 3.8) is 0 Å². The van der Waals surface area contributed by atoms with Gasteiger partial charge in [0, 0.05) is 35.4 Å². The highest BCUT2D eigenvalue weighted by Gasteiger charge is 2.13. The van der Waals surface area contributed by atoms with Gasteiger partial charge in [0.15, 0.2) is 5.65 Å². The van der Waals surface area contributed by atoms with E-state index in [1.807, 2.05) is 61.5 Å². The highest BCUT2D eigenvalue weighted by atomic mass is 79.9. The third-order valence-corrected chi connectivity index (χ3v) is 5.49. The van der Waals surface area contributed by atoms with E-state index >= 15 is 0 Å². The minimum Gasteiger partial charge on any atom is -0.368 e. The van der Waals surface area contributed by atoms with Crippen LogP contribution in [0.2, 0.25) is 5.02 Å². The molecule has 0 aliphatic carbocycles. The molecular formula is C22H20BrClN6O. The summed E-state index contributed by atoms with van der Waals surface area (Å²) in [6.45, 7) is 2.92. The Morgan fingerprint density at radius 1 is 1.13 bits per heavy atom. The number of carbonyl (C=O) groups is 1. The summed E-state index contributed by atoms with van der Waals surface area (Å²) in [5.41, 5.74) is 4.12. The summed E-state index contributed by atoms with van der Waals surface area (Å²) in [6.07, 6.45) is 1.69. The molecular weight excluding hydrogens is 480 g/mol. The highest BCUT2D eigenvalue weighted by Crippen LogP contribution is 2.30. The van der Waals surface area contributed by atoms with Gasteiger partial charge in [0.1, 0.15) is 5.82 Å². The van der Waals surface area contributed by atoms with Crippen LogP contribution in [0.4, 0.5) is 16.3 Å². The van der Waals surface area contributed by atoms with Crippen molar-refractivity contribution < 1.29 is 4.79 Å². The van der Waals surface area contributed by atoms with Gasteiger partial charge in [-0.3, -0.25) is 0 Å². The van der Waals surface area contributed by atoms with Gasteiger partial charge in [-0.2, -0.15) is 9.61 Å². The molecule has 9 heteroatoms. The number of nitrogens with zero attached hydrogens (tertiary/aromatic N) is 3. The standard InChI is InChI=1S/C22H20BrClN6O/c1-14-6-8-15(9-7-14)28-22(31)26-11-10-25-20-12-19(16-4-2-3-5-18(16)24)29-21-17(23)13-27-30(20)21/h2-9,12-13,25H,10-11H2,1H3,(H2,26,28,31). The van der Waals surface area contributed by atoms with Crippen molar-refractivity contribution in [3.05, 3.63) is 75.9 Å². The summed E-state index contributed by atoms with van der Waals surface area (Å²) < 4.78 is 2.48. The summed E-state index contributed by atoms with van der Waals surface area (Å²) in [5.74, 6) is 0.742. The Morgan fingerprint density at radius 3 is 2.68 bits per heavy atom. The molecule has 2 heterocycles. The third kappa shape index (κ3) is 4.98. The number of aromatic nitrogens is 3. The summed E-state index contributed by atoms with van der Waals surface area (Å²) >= 11 is 9.86. The van der Waals surface area contributed by atoms with Crippen molar-refractivity contribution in [2.24, 2.45) is 0 Å². The lowest BCUT2D eigenvalue weighted by molar-refractivity contribution is 0.252. The SMILES string of the molecule is Cc1ccc(NC(=O)NCCNc2cc(-c3ccccc3Cl)nc3c(Br)cnn23)cc1. The number of halogens is 2. The quantitative estimate of drug-likeness (QED) is 0.312. The van der Waals surface area contributed by atoms with Crippen LogP contribution in [-0.2, 0) is 0 Å². The number of benzene rings is 2. The first-order valence-electron chi connectivity index (χ1n) is 9.66. The van der Waals surface area contributed by atoms with Crippen LogP contribution in [0.15, 0.2) is 65.3 Å². The number of nitrogens with one attached hydrogen (secondary N) is 3. The molecule has 2 aromatic carbocycles. The number of fused-ring (bicyclic) bond motifs is 1. The zero-order valence-electron chi connectivity index (χ0n) is 16.7. The van der Waals surface area contributed by atoms with Crippen molar-refractivity contribution >= 4 is 50.7 Å². The fourth-order valence-corrected chi connectivity index (χ4v) is 3.63. The molecule has 0 saturated heterocycles. The first kappa shape index (κ1) is 21.1. The minimum atomic E-state index is -0.260. The van der Waals surface area contributed by atoms with Crippen LogP contribution in [0.5, 0.6) is 0 Å². The van der Waals surface area contributed by atoms with E-state index in [4.69, 9.17) is 11.6 Å². The summed E-state index contributed by atoms with van der Waals surface area (Å²) in [6, 6.07) is 16.8. The molecule has 0 radical (unpaired) electrons. The van der Waals surface area contributed by atoms with E-state index in [2.05, 4.69) is 42.0 Å². The predicted octanol–water partition coefficient (Wildman–Crippen LogP) is 5.35. The first-order chi connectivity index (χ1) is 15.0. The maximum atomic E-state index is 12.1. The molecule has 3 N–H and O–H groups in total. The number of urea groups is 1. The zero-order valence-corrected chi connectivity index (χ0v) is 19.0.